The molecule has 0 spiro atoms. The highest BCUT2D eigenvalue weighted by atomic mass is 32.2. The van der Waals surface area contributed by atoms with Crippen LogP contribution in [0.15, 0.2) is 35.5 Å². The van der Waals surface area contributed by atoms with E-state index >= 15 is 0 Å². The second-order valence-electron chi connectivity index (χ2n) is 6.09. The minimum atomic E-state index is -0.309. The predicted octanol–water partition coefficient (Wildman–Crippen LogP) is 2.65. The summed E-state index contributed by atoms with van der Waals surface area (Å²) in [5.41, 5.74) is 2.71. The van der Waals surface area contributed by atoms with Crippen molar-refractivity contribution in [1.82, 2.24) is 29.9 Å². The summed E-state index contributed by atoms with van der Waals surface area (Å²) in [6.07, 6.45) is 2.21. The van der Waals surface area contributed by atoms with Gasteiger partial charge in [-0.2, -0.15) is 5.10 Å². The summed E-state index contributed by atoms with van der Waals surface area (Å²) in [5, 5.41) is 16.2. The van der Waals surface area contributed by atoms with Gasteiger partial charge in [0.15, 0.2) is 11.0 Å². The highest BCUT2D eigenvalue weighted by Crippen LogP contribution is 2.20. The lowest BCUT2D eigenvalue weighted by atomic mass is 10.3. The summed E-state index contributed by atoms with van der Waals surface area (Å²) in [4.78, 5) is 12.2. The third-order valence-corrected chi connectivity index (χ3v) is 4.69. The molecule has 0 bridgehead atoms. The second kappa shape index (κ2) is 8.34. The number of rotatable bonds is 7. The molecule has 1 amide bonds. The molecule has 27 heavy (non-hydrogen) atoms. The fourth-order valence-corrected chi connectivity index (χ4v) is 3.29. The fraction of sp³-hybridized carbons (Fsp3) is 0.333. The van der Waals surface area contributed by atoms with Crippen LogP contribution in [0.2, 0.25) is 0 Å². The number of halogens is 1. The Hall–Kier alpha value is -2.68. The van der Waals surface area contributed by atoms with Crippen LogP contribution in [0.5, 0.6) is 0 Å². The van der Waals surface area contributed by atoms with Crippen molar-refractivity contribution in [2.75, 3.05) is 6.26 Å². The van der Waals surface area contributed by atoms with Gasteiger partial charge in [0.2, 0.25) is 5.91 Å². The summed E-state index contributed by atoms with van der Waals surface area (Å²) in [6, 6.07) is 8.07. The van der Waals surface area contributed by atoms with Gasteiger partial charge in [-0.25, -0.2) is 4.39 Å². The molecule has 3 rings (SSSR count). The summed E-state index contributed by atoms with van der Waals surface area (Å²) in [6.45, 7) is 4.65. The maximum Gasteiger partial charge on any atom is 0.222 e. The first kappa shape index (κ1) is 19.1. The Morgan fingerprint density at radius 3 is 2.59 bits per heavy atom. The zero-order valence-corrected chi connectivity index (χ0v) is 16.3. The normalized spacial score (nSPS) is 11.0. The van der Waals surface area contributed by atoms with Crippen molar-refractivity contribution in [3.63, 3.8) is 0 Å². The molecule has 0 aliphatic heterocycles. The van der Waals surface area contributed by atoms with Gasteiger partial charge in [-0.15, -0.1) is 10.2 Å². The van der Waals surface area contributed by atoms with Crippen molar-refractivity contribution in [2.45, 2.75) is 38.5 Å². The first-order valence-electron chi connectivity index (χ1n) is 8.50. The minimum absolute atomic E-state index is 0.0955. The van der Waals surface area contributed by atoms with Crippen molar-refractivity contribution in [3.8, 4) is 5.69 Å². The maximum absolute atomic E-state index is 13.2. The number of nitrogens with one attached hydrogen (secondary N) is 1. The molecule has 0 radical (unpaired) electrons. The third kappa shape index (κ3) is 4.54. The number of aromatic nitrogens is 5. The van der Waals surface area contributed by atoms with Crippen molar-refractivity contribution >= 4 is 17.7 Å². The second-order valence-corrected chi connectivity index (χ2v) is 6.87. The van der Waals surface area contributed by atoms with Gasteiger partial charge < -0.3 is 5.32 Å². The number of thioether (sulfide) groups is 1. The van der Waals surface area contributed by atoms with Crippen LogP contribution in [-0.2, 0) is 17.9 Å². The SMILES string of the molecule is CSc1nnc(CNC(=O)CCn2nc(C)cc2C)n1-c1ccc(F)cc1. The van der Waals surface area contributed by atoms with Crippen LogP contribution in [0, 0.1) is 19.7 Å². The van der Waals surface area contributed by atoms with Crippen LogP contribution in [0.4, 0.5) is 4.39 Å². The zero-order valence-electron chi connectivity index (χ0n) is 15.4. The van der Waals surface area contributed by atoms with E-state index in [1.54, 1.807) is 12.1 Å². The summed E-state index contributed by atoms with van der Waals surface area (Å²) in [7, 11) is 0. The van der Waals surface area contributed by atoms with Crippen LogP contribution in [0.1, 0.15) is 23.6 Å². The highest BCUT2D eigenvalue weighted by Gasteiger charge is 2.14. The van der Waals surface area contributed by atoms with Crippen LogP contribution in [-0.4, -0.2) is 36.7 Å². The Labute approximate surface area is 161 Å². The summed E-state index contributed by atoms with van der Waals surface area (Å²) < 4.78 is 16.8. The van der Waals surface area contributed by atoms with E-state index in [0.29, 0.717) is 23.9 Å². The number of benzene rings is 1. The van der Waals surface area contributed by atoms with Crippen LogP contribution in [0.3, 0.4) is 0 Å². The monoisotopic (exact) mass is 388 g/mol. The molecule has 3 aromatic rings. The van der Waals surface area contributed by atoms with Gasteiger partial charge in [-0.1, -0.05) is 11.8 Å². The molecule has 7 nitrogen and oxygen atoms in total. The standard InChI is InChI=1S/C18H21FN6OS/c1-12-10-13(2)24(23-12)9-8-17(26)20-11-16-21-22-18(27-3)25(16)15-6-4-14(19)5-7-15/h4-7,10H,8-9,11H2,1-3H3,(H,20,26). The van der Waals surface area contributed by atoms with Crippen molar-refractivity contribution in [3.05, 3.63) is 53.4 Å². The van der Waals surface area contributed by atoms with E-state index in [1.807, 2.05) is 35.4 Å². The molecule has 0 saturated carbocycles. The highest BCUT2D eigenvalue weighted by molar-refractivity contribution is 7.98. The number of hydrogen-bond donors (Lipinski definition) is 1. The van der Waals surface area contributed by atoms with E-state index in [9.17, 15) is 9.18 Å². The van der Waals surface area contributed by atoms with Gasteiger partial charge in [-0.05, 0) is 50.4 Å². The number of hydrogen-bond acceptors (Lipinski definition) is 5. The van der Waals surface area contributed by atoms with E-state index in [-0.39, 0.29) is 18.3 Å². The fourth-order valence-electron chi connectivity index (χ4n) is 2.77. The maximum atomic E-state index is 13.2. The van der Waals surface area contributed by atoms with Gasteiger partial charge >= 0.3 is 0 Å². The molecule has 0 aliphatic carbocycles. The molecule has 9 heteroatoms. The van der Waals surface area contributed by atoms with Crippen molar-refractivity contribution in [2.24, 2.45) is 0 Å². The van der Waals surface area contributed by atoms with Crippen LogP contribution < -0.4 is 5.32 Å². The number of carbonyl (C=O) groups is 1. The lowest BCUT2D eigenvalue weighted by molar-refractivity contribution is -0.121. The number of amides is 1. The van der Waals surface area contributed by atoms with Crippen molar-refractivity contribution < 1.29 is 9.18 Å². The summed E-state index contributed by atoms with van der Waals surface area (Å²) in [5.74, 6) is 0.184. The van der Waals surface area contributed by atoms with Gasteiger partial charge in [0.1, 0.15) is 5.82 Å². The lowest BCUT2D eigenvalue weighted by Gasteiger charge is -2.10. The van der Waals surface area contributed by atoms with E-state index in [2.05, 4.69) is 20.6 Å². The summed E-state index contributed by atoms with van der Waals surface area (Å²) >= 11 is 1.43. The van der Waals surface area contributed by atoms with E-state index in [4.69, 9.17) is 0 Å². The van der Waals surface area contributed by atoms with Crippen molar-refractivity contribution in [1.29, 1.82) is 0 Å². The molecule has 0 atom stereocenters. The van der Waals surface area contributed by atoms with E-state index in [0.717, 1.165) is 17.1 Å². The third-order valence-electron chi connectivity index (χ3n) is 4.07. The number of aryl methyl sites for hydroxylation is 3. The van der Waals surface area contributed by atoms with E-state index < -0.39 is 0 Å². The van der Waals surface area contributed by atoms with Crippen LogP contribution >= 0.6 is 11.8 Å². The first-order valence-corrected chi connectivity index (χ1v) is 9.72. The average Bonchev–Trinajstić information content (AvgIpc) is 3.21. The molecule has 0 aliphatic rings. The molecule has 2 aromatic heterocycles. The van der Waals surface area contributed by atoms with E-state index in [1.165, 1.54) is 23.9 Å². The molecule has 142 valence electrons. The molecule has 2 heterocycles. The largest absolute Gasteiger partial charge is 0.349 e. The molecule has 0 fully saturated rings. The topological polar surface area (TPSA) is 77.6 Å². The quantitative estimate of drug-likeness (QED) is 0.630. The Morgan fingerprint density at radius 1 is 1.22 bits per heavy atom. The lowest BCUT2D eigenvalue weighted by Crippen LogP contribution is -2.26. The molecule has 0 unspecified atom stereocenters. The Kier molecular flexibility index (Phi) is 5.90. The van der Waals surface area contributed by atoms with Gasteiger partial charge in [-0.3, -0.25) is 14.0 Å². The first-order chi connectivity index (χ1) is 13.0. The Morgan fingerprint density at radius 2 is 1.96 bits per heavy atom. The smallest absolute Gasteiger partial charge is 0.222 e. The van der Waals surface area contributed by atoms with Crippen LogP contribution in [0.25, 0.3) is 5.69 Å². The molecular weight excluding hydrogens is 367 g/mol. The number of nitrogens with zero attached hydrogens (tertiary/aromatic N) is 5. The zero-order chi connectivity index (χ0) is 19.4. The minimum Gasteiger partial charge on any atom is -0.349 e. The Bertz CT molecular complexity index is 934. The molecule has 0 saturated heterocycles. The van der Waals surface area contributed by atoms with Gasteiger partial charge in [0, 0.05) is 24.3 Å². The van der Waals surface area contributed by atoms with Gasteiger partial charge in [0.25, 0.3) is 0 Å². The molecule has 1 N–H and O–H groups in total. The Balaban J connectivity index is 1.65. The van der Waals surface area contributed by atoms with Gasteiger partial charge in [0.05, 0.1) is 12.2 Å². The average molecular weight is 388 g/mol. The molecular formula is C18H21FN6OS. The molecule has 1 aromatic carbocycles. The number of carbonyl (C=O) groups excluding carboxylic acids is 1. The predicted molar refractivity (Wildman–Crippen MR) is 101 cm³/mol.